The van der Waals surface area contributed by atoms with Crippen LogP contribution in [0, 0.1) is 5.82 Å². The van der Waals surface area contributed by atoms with Crippen molar-refractivity contribution in [1.29, 1.82) is 0 Å². The molecule has 0 aromatic heterocycles. The first kappa shape index (κ1) is 12.7. The summed E-state index contributed by atoms with van der Waals surface area (Å²) in [5.74, 6) is 0.286. The lowest BCUT2D eigenvalue weighted by Crippen LogP contribution is -2.20. The van der Waals surface area contributed by atoms with E-state index in [-0.39, 0.29) is 18.0 Å². The zero-order chi connectivity index (χ0) is 13.9. The van der Waals surface area contributed by atoms with Crippen molar-refractivity contribution in [3.05, 3.63) is 59.4 Å². The van der Waals surface area contributed by atoms with Crippen molar-refractivity contribution in [2.75, 3.05) is 18.5 Å². The van der Waals surface area contributed by atoms with E-state index in [1.165, 1.54) is 12.1 Å². The highest BCUT2D eigenvalue weighted by molar-refractivity contribution is 6.01. The van der Waals surface area contributed by atoms with Crippen molar-refractivity contribution in [1.82, 2.24) is 0 Å². The number of ether oxygens (including phenoxy) is 1. The topological polar surface area (TPSA) is 38.3 Å². The second-order valence-electron chi connectivity index (χ2n) is 4.68. The first-order valence-electron chi connectivity index (χ1n) is 6.51. The monoisotopic (exact) mass is 271 g/mol. The summed E-state index contributed by atoms with van der Waals surface area (Å²) in [6, 6.07) is 11.5. The van der Waals surface area contributed by atoms with E-state index in [0.717, 1.165) is 17.8 Å². The highest BCUT2D eigenvalue weighted by atomic mass is 19.1. The summed E-state index contributed by atoms with van der Waals surface area (Å²) in [4.78, 5) is 12.4. The Morgan fingerprint density at radius 3 is 2.80 bits per heavy atom. The summed E-state index contributed by atoms with van der Waals surface area (Å²) >= 11 is 0. The van der Waals surface area contributed by atoms with E-state index in [9.17, 15) is 9.18 Å². The number of carbonyl (C=O) groups is 1. The van der Waals surface area contributed by atoms with Crippen LogP contribution < -0.4 is 10.1 Å². The summed E-state index contributed by atoms with van der Waals surface area (Å²) < 4.78 is 18.4. The molecule has 2 aromatic carbocycles. The van der Waals surface area contributed by atoms with Gasteiger partial charge in [0.25, 0.3) is 0 Å². The van der Waals surface area contributed by atoms with Crippen molar-refractivity contribution >= 4 is 11.5 Å². The van der Waals surface area contributed by atoms with Crippen molar-refractivity contribution in [3.63, 3.8) is 0 Å². The van der Waals surface area contributed by atoms with Crippen LogP contribution in [-0.2, 0) is 6.42 Å². The fourth-order valence-electron chi connectivity index (χ4n) is 2.27. The molecule has 0 amide bonds. The Hall–Kier alpha value is -2.36. The highest BCUT2D eigenvalue weighted by Gasteiger charge is 2.18. The minimum absolute atomic E-state index is 0.0304. The number of fused-ring (bicyclic) bond motifs is 1. The van der Waals surface area contributed by atoms with Crippen LogP contribution in [0.15, 0.2) is 42.5 Å². The van der Waals surface area contributed by atoms with Gasteiger partial charge in [-0.05, 0) is 29.8 Å². The third-order valence-corrected chi connectivity index (χ3v) is 3.26. The molecule has 0 radical (unpaired) electrons. The molecule has 0 unspecified atom stereocenters. The van der Waals surface area contributed by atoms with Crippen LogP contribution in [0.3, 0.4) is 0 Å². The zero-order valence-corrected chi connectivity index (χ0v) is 10.9. The molecule has 2 aromatic rings. The van der Waals surface area contributed by atoms with Crippen molar-refractivity contribution in [2.24, 2.45) is 0 Å². The minimum Gasteiger partial charge on any atom is -0.489 e. The molecule has 3 rings (SSSR count). The Bertz CT molecular complexity index is 637. The van der Waals surface area contributed by atoms with Crippen LogP contribution >= 0.6 is 0 Å². The number of para-hydroxylation sites is 1. The summed E-state index contributed by atoms with van der Waals surface area (Å²) in [7, 11) is 0. The first-order chi connectivity index (χ1) is 9.74. The van der Waals surface area contributed by atoms with Gasteiger partial charge >= 0.3 is 0 Å². The molecule has 0 bridgehead atoms. The number of hydrogen-bond acceptors (Lipinski definition) is 3. The number of ketones is 1. The number of hydrogen-bond donors (Lipinski definition) is 1. The second-order valence-corrected chi connectivity index (χ2v) is 4.68. The molecule has 20 heavy (non-hydrogen) atoms. The minimum atomic E-state index is -0.300. The summed E-state index contributed by atoms with van der Waals surface area (Å²) in [6.07, 6.45) is 0.236. The Morgan fingerprint density at radius 1 is 1.20 bits per heavy atom. The van der Waals surface area contributed by atoms with Gasteiger partial charge in [-0.15, -0.1) is 0 Å². The average Bonchev–Trinajstić information content (AvgIpc) is 2.49. The lowest BCUT2D eigenvalue weighted by Gasteiger charge is -2.21. The van der Waals surface area contributed by atoms with Crippen molar-refractivity contribution in [3.8, 4) is 5.75 Å². The Balaban J connectivity index is 1.85. The molecule has 0 spiro atoms. The quantitative estimate of drug-likeness (QED) is 0.872. The number of nitrogens with one attached hydrogen (secondary N) is 1. The SMILES string of the molecule is O=C(Cc1ccc(F)cc1)c1cccc2c1OCCN2. The molecule has 0 saturated heterocycles. The Labute approximate surface area is 116 Å². The van der Waals surface area contributed by atoms with Gasteiger partial charge < -0.3 is 10.1 Å². The van der Waals surface area contributed by atoms with Gasteiger partial charge in [0.15, 0.2) is 11.5 Å². The van der Waals surface area contributed by atoms with Gasteiger partial charge in [0.2, 0.25) is 0 Å². The fraction of sp³-hybridized carbons (Fsp3) is 0.188. The predicted octanol–water partition coefficient (Wildman–Crippen LogP) is 3.06. The molecule has 4 heteroatoms. The molecule has 1 aliphatic rings. The molecule has 1 heterocycles. The van der Waals surface area contributed by atoms with E-state index in [1.807, 2.05) is 12.1 Å². The molecule has 1 N–H and O–H groups in total. The highest BCUT2D eigenvalue weighted by Crippen LogP contribution is 2.31. The van der Waals surface area contributed by atoms with E-state index in [1.54, 1.807) is 18.2 Å². The smallest absolute Gasteiger partial charge is 0.171 e. The number of carbonyl (C=O) groups excluding carboxylic acids is 1. The van der Waals surface area contributed by atoms with E-state index in [4.69, 9.17) is 4.74 Å². The molecular formula is C16H14FNO2. The van der Waals surface area contributed by atoms with Gasteiger partial charge in [0, 0.05) is 13.0 Å². The largest absolute Gasteiger partial charge is 0.489 e. The zero-order valence-electron chi connectivity index (χ0n) is 10.9. The molecule has 1 aliphatic heterocycles. The van der Waals surface area contributed by atoms with Crippen molar-refractivity contribution < 1.29 is 13.9 Å². The van der Waals surface area contributed by atoms with E-state index >= 15 is 0 Å². The lowest BCUT2D eigenvalue weighted by atomic mass is 10.0. The Kier molecular flexibility index (Phi) is 3.37. The molecule has 3 nitrogen and oxygen atoms in total. The lowest BCUT2D eigenvalue weighted by molar-refractivity contribution is 0.0989. The standard InChI is InChI=1S/C16H14FNO2/c17-12-6-4-11(5-7-12)10-15(19)13-2-1-3-14-16(13)20-9-8-18-14/h1-7,18H,8-10H2. The third-order valence-electron chi connectivity index (χ3n) is 3.26. The van der Waals surface area contributed by atoms with Crippen LogP contribution in [0.25, 0.3) is 0 Å². The van der Waals surface area contributed by atoms with Crippen molar-refractivity contribution in [2.45, 2.75) is 6.42 Å². The molecule has 0 fully saturated rings. The number of benzene rings is 2. The van der Waals surface area contributed by atoms with E-state index < -0.39 is 0 Å². The number of rotatable bonds is 3. The summed E-state index contributed by atoms with van der Waals surface area (Å²) in [5.41, 5.74) is 2.21. The predicted molar refractivity (Wildman–Crippen MR) is 74.9 cm³/mol. The molecule has 102 valence electrons. The first-order valence-corrected chi connectivity index (χ1v) is 6.51. The van der Waals surface area contributed by atoms with E-state index in [2.05, 4.69) is 5.32 Å². The van der Waals surface area contributed by atoms with Gasteiger partial charge in [0.05, 0.1) is 11.3 Å². The second kappa shape index (κ2) is 5.33. The third kappa shape index (κ3) is 2.50. The van der Waals surface area contributed by atoms with E-state index in [0.29, 0.717) is 17.9 Å². The molecule has 0 aliphatic carbocycles. The van der Waals surface area contributed by atoms with Crippen LogP contribution in [0.4, 0.5) is 10.1 Å². The maximum atomic E-state index is 12.9. The number of Topliss-reactive ketones (excluding diaryl/α,β-unsaturated/α-hetero) is 1. The maximum absolute atomic E-state index is 12.9. The fourth-order valence-corrected chi connectivity index (χ4v) is 2.27. The average molecular weight is 271 g/mol. The molecule has 0 atom stereocenters. The summed E-state index contributed by atoms with van der Waals surface area (Å²) in [5, 5.41) is 3.20. The number of anilines is 1. The Morgan fingerprint density at radius 2 is 2.00 bits per heavy atom. The normalized spacial score (nSPS) is 13.1. The van der Waals surface area contributed by atoms with Gasteiger partial charge in [-0.25, -0.2) is 4.39 Å². The molecule has 0 saturated carbocycles. The summed E-state index contributed by atoms with van der Waals surface area (Å²) in [6.45, 7) is 1.29. The molecular weight excluding hydrogens is 257 g/mol. The van der Waals surface area contributed by atoms with Gasteiger partial charge in [-0.1, -0.05) is 18.2 Å². The van der Waals surface area contributed by atoms with Crippen LogP contribution in [0.5, 0.6) is 5.75 Å². The number of halogens is 1. The van der Waals surface area contributed by atoms with Crippen LogP contribution in [0.2, 0.25) is 0 Å². The van der Waals surface area contributed by atoms with Gasteiger partial charge in [-0.3, -0.25) is 4.79 Å². The van der Waals surface area contributed by atoms with Crippen LogP contribution in [-0.4, -0.2) is 18.9 Å². The van der Waals surface area contributed by atoms with Gasteiger partial charge in [0.1, 0.15) is 12.4 Å². The maximum Gasteiger partial charge on any atom is 0.171 e. The van der Waals surface area contributed by atoms with Gasteiger partial charge in [-0.2, -0.15) is 0 Å². The van der Waals surface area contributed by atoms with Crippen LogP contribution in [0.1, 0.15) is 15.9 Å².